The number of aromatic nitrogens is 4. The van der Waals surface area contributed by atoms with Crippen molar-refractivity contribution in [2.75, 3.05) is 30.9 Å². The normalized spacial score (nSPS) is 10.8. The molecule has 0 saturated heterocycles. The van der Waals surface area contributed by atoms with E-state index in [1.54, 1.807) is 11.6 Å². The summed E-state index contributed by atoms with van der Waals surface area (Å²) in [5.74, 6) is -1.06. The molecule has 0 aliphatic heterocycles. The number of nitrogens with zero attached hydrogens (tertiary/aromatic N) is 4. The Morgan fingerprint density at radius 2 is 1.79 bits per heavy atom. The molecule has 0 atom stereocenters. The van der Waals surface area contributed by atoms with Crippen LogP contribution in [0.5, 0.6) is 11.8 Å². The number of rotatable bonds is 8. The molecule has 0 aromatic carbocycles. The molecule has 29 heavy (non-hydrogen) atoms. The van der Waals surface area contributed by atoms with E-state index in [-0.39, 0.29) is 35.7 Å². The van der Waals surface area contributed by atoms with Crippen LogP contribution in [0.4, 0.5) is 16.6 Å². The minimum absolute atomic E-state index is 0.0853. The largest absolute Gasteiger partial charge is 0.481 e. The standard InChI is InChI=1S/C14H19N7O7S/c1-5-28-12(22)8-7-15-21(2)11(8)19-29(24,25)20-14(23)18-13-16-9(26-3)6-10(17-13)27-4/h6-7,19H,5H2,1-4H3,(H2,16,17,18,20,23). The van der Waals surface area contributed by atoms with Crippen molar-refractivity contribution < 1.29 is 32.2 Å². The van der Waals surface area contributed by atoms with Gasteiger partial charge in [0.05, 0.1) is 33.1 Å². The number of urea groups is 1. The van der Waals surface area contributed by atoms with Gasteiger partial charge in [0.25, 0.3) is 0 Å². The van der Waals surface area contributed by atoms with Crippen LogP contribution in [0.1, 0.15) is 17.3 Å². The van der Waals surface area contributed by atoms with Crippen molar-refractivity contribution in [3.8, 4) is 11.8 Å². The second kappa shape index (κ2) is 9.05. The monoisotopic (exact) mass is 429 g/mol. The van der Waals surface area contributed by atoms with Crippen LogP contribution >= 0.6 is 0 Å². The second-order valence-corrected chi connectivity index (χ2v) is 6.60. The number of aryl methyl sites for hydroxylation is 1. The Bertz CT molecular complexity index is 983. The van der Waals surface area contributed by atoms with E-state index in [1.165, 1.54) is 27.3 Å². The third-order valence-electron chi connectivity index (χ3n) is 3.21. The van der Waals surface area contributed by atoms with Crippen molar-refractivity contribution in [1.29, 1.82) is 0 Å². The van der Waals surface area contributed by atoms with Gasteiger partial charge in [-0.25, -0.2) is 19.0 Å². The zero-order chi connectivity index (χ0) is 21.6. The van der Waals surface area contributed by atoms with E-state index in [0.29, 0.717) is 0 Å². The summed E-state index contributed by atoms with van der Waals surface area (Å²) >= 11 is 0. The summed E-state index contributed by atoms with van der Waals surface area (Å²) in [5.41, 5.74) is -0.124. The lowest BCUT2D eigenvalue weighted by Gasteiger charge is -2.12. The predicted molar refractivity (Wildman–Crippen MR) is 99.0 cm³/mol. The second-order valence-electron chi connectivity index (χ2n) is 5.19. The molecule has 2 rings (SSSR count). The highest BCUT2D eigenvalue weighted by Gasteiger charge is 2.23. The van der Waals surface area contributed by atoms with E-state index in [1.807, 2.05) is 4.72 Å². The molecule has 3 N–H and O–H groups in total. The van der Waals surface area contributed by atoms with Gasteiger partial charge in [-0.3, -0.25) is 10.00 Å². The van der Waals surface area contributed by atoms with Crippen molar-refractivity contribution >= 4 is 34.0 Å². The molecule has 15 heteroatoms. The lowest BCUT2D eigenvalue weighted by atomic mass is 10.3. The SMILES string of the molecule is CCOC(=O)c1cnn(C)c1NS(=O)(=O)NC(=O)Nc1nc(OC)cc(OC)n1. The van der Waals surface area contributed by atoms with Crippen LogP contribution in [0.15, 0.2) is 12.3 Å². The molecule has 0 aliphatic carbocycles. The van der Waals surface area contributed by atoms with Gasteiger partial charge in [0.1, 0.15) is 5.56 Å². The molecule has 2 amide bonds. The first-order valence-electron chi connectivity index (χ1n) is 7.96. The topological polar surface area (TPSA) is 176 Å². The van der Waals surface area contributed by atoms with Gasteiger partial charge in [0, 0.05) is 7.05 Å². The van der Waals surface area contributed by atoms with Gasteiger partial charge >= 0.3 is 22.2 Å². The molecule has 14 nitrogen and oxygen atoms in total. The third-order valence-corrected chi connectivity index (χ3v) is 4.13. The summed E-state index contributed by atoms with van der Waals surface area (Å²) in [5, 5.41) is 5.94. The maximum absolute atomic E-state index is 12.3. The lowest BCUT2D eigenvalue weighted by molar-refractivity contribution is 0.0527. The fourth-order valence-corrected chi connectivity index (χ4v) is 2.83. The number of amides is 2. The summed E-state index contributed by atoms with van der Waals surface area (Å²) < 4.78 is 44.1. The molecule has 2 aromatic heterocycles. The number of hydrogen-bond acceptors (Lipinski definition) is 10. The predicted octanol–water partition coefficient (Wildman–Crippen LogP) is -0.118. The summed E-state index contributed by atoms with van der Waals surface area (Å²) in [7, 11) is -0.363. The third kappa shape index (κ3) is 5.68. The number of nitrogens with one attached hydrogen (secondary N) is 3. The summed E-state index contributed by atoms with van der Waals surface area (Å²) in [4.78, 5) is 31.6. The summed E-state index contributed by atoms with van der Waals surface area (Å²) in [6.45, 7) is 1.68. The maximum atomic E-state index is 12.3. The fourth-order valence-electron chi connectivity index (χ4n) is 1.99. The van der Waals surface area contributed by atoms with E-state index in [0.717, 1.165) is 10.9 Å². The van der Waals surface area contributed by atoms with Gasteiger partial charge in [-0.15, -0.1) is 0 Å². The van der Waals surface area contributed by atoms with Gasteiger partial charge in [0.2, 0.25) is 17.7 Å². The molecule has 0 fully saturated rings. The zero-order valence-electron chi connectivity index (χ0n) is 15.9. The van der Waals surface area contributed by atoms with E-state index in [9.17, 15) is 18.0 Å². The van der Waals surface area contributed by atoms with Crippen molar-refractivity contribution in [3.63, 3.8) is 0 Å². The molecule has 0 radical (unpaired) electrons. The number of carbonyl (C=O) groups excluding carboxylic acids is 2. The van der Waals surface area contributed by atoms with Crippen molar-refractivity contribution in [2.45, 2.75) is 6.92 Å². The highest BCUT2D eigenvalue weighted by molar-refractivity contribution is 7.91. The summed E-state index contributed by atoms with van der Waals surface area (Å²) in [6, 6.07) is 0.188. The van der Waals surface area contributed by atoms with Crippen molar-refractivity contribution in [1.82, 2.24) is 24.5 Å². The van der Waals surface area contributed by atoms with Crippen LogP contribution in [0.2, 0.25) is 0 Å². The van der Waals surface area contributed by atoms with E-state index in [2.05, 4.69) is 20.4 Å². The first-order valence-corrected chi connectivity index (χ1v) is 9.45. The highest BCUT2D eigenvalue weighted by atomic mass is 32.2. The molecule has 0 saturated carbocycles. The van der Waals surface area contributed by atoms with Crippen LogP contribution < -0.4 is 24.2 Å². The Morgan fingerprint density at radius 3 is 2.34 bits per heavy atom. The molecule has 2 aromatic rings. The molecule has 0 spiro atoms. The number of esters is 1. The van der Waals surface area contributed by atoms with E-state index in [4.69, 9.17) is 14.2 Å². The first-order chi connectivity index (χ1) is 13.7. The number of hydrogen-bond donors (Lipinski definition) is 3. The molecule has 0 aliphatic rings. The first kappa shape index (κ1) is 21.7. The Hall–Kier alpha value is -3.62. The molecule has 158 valence electrons. The summed E-state index contributed by atoms with van der Waals surface area (Å²) in [6.07, 6.45) is 1.13. The van der Waals surface area contributed by atoms with Crippen LogP contribution in [0, 0.1) is 0 Å². The van der Waals surface area contributed by atoms with Crippen LogP contribution in [0.25, 0.3) is 0 Å². The maximum Gasteiger partial charge on any atom is 0.343 e. The van der Waals surface area contributed by atoms with E-state index < -0.39 is 22.2 Å². The van der Waals surface area contributed by atoms with Gasteiger partial charge in [-0.05, 0) is 6.92 Å². The van der Waals surface area contributed by atoms with Gasteiger partial charge in [0.15, 0.2) is 5.82 Å². The Labute approximate surface area is 165 Å². The lowest BCUT2D eigenvalue weighted by Crippen LogP contribution is -2.39. The minimum atomic E-state index is -4.45. The number of ether oxygens (including phenoxy) is 3. The van der Waals surface area contributed by atoms with Crippen LogP contribution in [-0.2, 0) is 22.0 Å². The molecule has 0 bridgehead atoms. The number of anilines is 2. The highest BCUT2D eigenvalue weighted by Crippen LogP contribution is 2.18. The Balaban J connectivity index is 2.13. The fraction of sp³-hybridized carbons (Fsp3) is 0.357. The molecule has 2 heterocycles. The average molecular weight is 429 g/mol. The quantitative estimate of drug-likeness (QED) is 0.480. The Morgan fingerprint density at radius 1 is 1.17 bits per heavy atom. The molecular weight excluding hydrogens is 410 g/mol. The molecule has 0 unspecified atom stereocenters. The van der Waals surface area contributed by atoms with Crippen LogP contribution in [-0.4, -0.2) is 61.0 Å². The zero-order valence-corrected chi connectivity index (χ0v) is 16.7. The number of carbonyl (C=O) groups is 2. The minimum Gasteiger partial charge on any atom is -0.481 e. The molecular formula is C14H19N7O7S. The average Bonchev–Trinajstić information content (AvgIpc) is 3.00. The van der Waals surface area contributed by atoms with Gasteiger partial charge < -0.3 is 14.2 Å². The van der Waals surface area contributed by atoms with E-state index >= 15 is 0 Å². The van der Waals surface area contributed by atoms with Gasteiger partial charge in [-0.2, -0.15) is 23.5 Å². The van der Waals surface area contributed by atoms with Crippen LogP contribution in [0.3, 0.4) is 0 Å². The van der Waals surface area contributed by atoms with Crippen molar-refractivity contribution in [3.05, 3.63) is 17.8 Å². The van der Waals surface area contributed by atoms with Crippen molar-refractivity contribution in [2.24, 2.45) is 7.05 Å². The number of methoxy groups -OCH3 is 2. The van der Waals surface area contributed by atoms with Gasteiger partial charge in [-0.1, -0.05) is 0 Å². The Kier molecular flexibility index (Phi) is 6.76. The smallest absolute Gasteiger partial charge is 0.343 e.